The van der Waals surface area contributed by atoms with Crippen molar-refractivity contribution in [1.82, 2.24) is 19.5 Å². The van der Waals surface area contributed by atoms with Gasteiger partial charge in [0.25, 0.3) is 5.91 Å². The van der Waals surface area contributed by atoms with Crippen LogP contribution in [0.4, 0.5) is 14.5 Å². The van der Waals surface area contributed by atoms with Crippen LogP contribution in [-0.4, -0.2) is 31.4 Å². The molecule has 0 aliphatic heterocycles. The quantitative estimate of drug-likeness (QED) is 0.511. The second kappa shape index (κ2) is 6.97. The van der Waals surface area contributed by atoms with Crippen molar-refractivity contribution in [2.75, 3.05) is 5.32 Å². The summed E-state index contributed by atoms with van der Waals surface area (Å²) in [6.07, 6.45) is 2.83. The number of rotatable bonds is 4. The van der Waals surface area contributed by atoms with Crippen LogP contribution < -0.4 is 5.32 Å². The van der Waals surface area contributed by atoms with Gasteiger partial charge in [-0.1, -0.05) is 23.4 Å². The highest BCUT2D eigenvalue weighted by Crippen LogP contribution is 2.47. The van der Waals surface area contributed by atoms with E-state index in [0.717, 1.165) is 11.1 Å². The number of hydrogen-bond donors (Lipinski definition) is 1. The number of aromatic nitrogens is 4. The number of benzene rings is 1. The molecule has 1 fully saturated rings. The molecule has 1 aliphatic carbocycles. The van der Waals surface area contributed by atoms with Gasteiger partial charge in [-0.2, -0.15) is 4.98 Å². The van der Waals surface area contributed by atoms with Crippen LogP contribution in [0, 0.1) is 13.8 Å². The summed E-state index contributed by atoms with van der Waals surface area (Å²) in [4.78, 5) is 21.5. The summed E-state index contributed by atoms with van der Waals surface area (Å²) in [5.74, 6) is -2.86. The van der Waals surface area contributed by atoms with E-state index in [9.17, 15) is 13.6 Å². The van der Waals surface area contributed by atoms with Crippen molar-refractivity contribution < 1.29 is 18.1 Å². The number of alkyl halides is 2. The highest BCUT2D eigenvalue weighted by molar-refractivity contribution is 6.04. The van der Waals surface area contributed by atoms with Crippen LogP contribution in [0.1, 0.15) is 46.3 Å². The van der Waals surface area contributed by atoms with Crippen LogP contribution in [0.5, 0.6) is 0 Å². The molecule has 1 amide bonds. The Labute approximate surface area is 176 Å². The molecule has 0 spiro atoms. The molecule has 0 saturated heterocycles. The Morgan fingerprint density at radius 2 is 2.03 bits per heavy atom. The fourth-order valence-corrected chi connectivity index (χ4v) is 3.69. The molecular weight excluding hydrogens is 404 g/mol. The first-order valence-corrected chi connectivity index (χ1v) is 9.87. The minimum Gasteiger partial charge on any atom is -0.339 e. The number of pyridine rings is 1. The van der Waals surface area contributed by atoms with E-state index in [1.165, 1.54) is 6.20 Å². The summed E-state index contributed by atoms with van der Waals surface area (Å²) in [5.41, 5.74) is 4.17. The summed E-state index contributed by atoms with van der Waals surface area (Å²) in [7, 11) is 0. The number of imidazole rings is 1. The maximum atomic E-state index is 13.1. The number of aryl methyl sites for hydroxylation is 2. The molecule has 4 aromatic rings. The molecule has 0 atom stereocenters. The Morgan fingerprint density at radius 3 is 2.81 bits per heavy atom. The lowest BCUT2D eigenvalue weighted by Gasteiger charge is -2.31. The van der Waals surface area contributed by atoms with Crippen LogP contribution in [0.2, 0.25) is 0 Å². The van der Waals surface area contributed by atoms with Gasteiger partial charge in [0.2, 0.25) is 17.6 Å². The summed E-state index contributed by atoms with van der Waals surface area (Å²) < 4.78 is 33.2. The Hall–Kier alpha value is -3.62. The highest BCUT2D eigenvalue weighted by atomic mass is 19.3. The third-order valence-corrected chi connectivity index (χ3v) is 5.51. The maximum absolute atomic E-state index is 13.1. The second-order valence-electron chi connectivity index (χ2n) is 7.98. The molecule has 3 heterocycles. The topological polar surface area (TPSA) is 85.3 Å². The molecule has 0 bridgehead atoms. The van der Waals surface area contributed by atoms with Gasteiger partial charge in [-0.3, -0.25) is 9.20 Å². The van der Waals surface area contributed by atoms with Crippen molar-refractivity contribution in [2.45, 2.75) is 38.5 Å². The second-order valence-corrected chi connectivity index (χ2v) is 7.98. The SMILES string of the molecule is Cc1ccc2ncc(C(=O)Nc3cc(-c4noc(C5CC(F)(F)C5)n4)ccc3C)n2c1. The number of nitrogens with zero attached hydrogens (tertiary/aromatic N) is 4. The fourth-order valence-electron chi connectivity index (χ4n) is 3.69. The Morgan fingerprint density at radius 1 is 1.23 bits per heavy atom. The van der Waals surface area contributed by atoms with E-state index >= 15 is 0 Å². The average Bonchev–Trinajstić information content (AvgIpc) is 3.34. The zero-order valence-electron chi connectivity index (χ0n) is 16.9. The van der Waals surface area contributed by atoms with E-state index in [1.54, 1.807) is 16.5 Å². The summed E-state index contributed by atoms with van der Waals surface area (Å²) >= 11 is 0. The van der Waals surface area contributed by atoms with E-state index in [4.69, 9.17) is 4.52 Å². The molecule has 7 nitrogen and oxygen atoms in total. The van der Waals surface area contributed by atoms with Crippen molar-refractivity contribution in [3.05, 3.63) is 65.4 Å². The molecular formula is C22H19F2N5O2. The zero-order valence-corrected chi connectivity index (χ0v) is 16.9. The molecule has 0 unspecified atom stereocenters. The van der Waals surface area contributed by atoms with Gasteiger partial charge in [-0.05, 0) is 37.1 Å². The van der Waals surface area contributed by atoms with Crippen LogP contribution in [-0.2, 0) is 0 Å². The number of amides is 1. The van der Waals surface area contributed by atoms with Gasteiger partial charge in [0.15, 0.2) is 0 Å². The van der Waals surface area contributed by atoms with Crippen molar-refractivity contribution in [1.29, 1.82) is 0 Å². The molecule has 9 heteroatoms. The van der Waals surface area contributed by atoms with Crippen LogP contribution >= 0.6 is 0 Å². The standard InChI is InChI=1S/C22H19F2N5O2/c1-12-3-6-18-25-10-17(29(18)11-12)20(30)26-16-7-14(5-4-13(16)2)19-27-21(31-28-19)15-8-22(23,24)9-15/h3-7,10-11,15H,8-9H2,1-2H3,(H,26,30). The van der Waals surface area contributed by atoms with Crippen molar-refractivity contribution in [3.63, 3.8) is 0 Å². The highest BCUT2D eigenvalue weighted by Gasteiger charge is 2.48. The number of halogens is 2. The van der Waals surface area contributed by atoms with Crippen LogP contribution in [0.15, 0.2) is 47.2 Å². The average molecular weight is 423 g/mol. The molecule has 0 radical (unpaired) electrons. The Balaban J connectivity index is 1.39. The molecule has 3 aromatic heterocycles. The number of carbonyl (C=O) groups excluding carboxylic acids is 1. The lowest BCUT2D eigenvalue weighted by atomic mass is 9.81. The van der Waals surface area contributed by atoms with E-state index in [2.05, 4.69) is 20.4 Å². The Kier molecular flexibility index (Phi) is 4.35. The minimum absolute atomic E-state index is 0.216. The van der Waals surface area contributed by atoms with E-state index in [0.29, 0.717) is 28.4 Å². The minimum atomic E-state index is -2.66. The first-order valence-electron chi connectivity index (χ1n) is 9.87. The van der Waals surface area contributed by atoms with E-state index in [-0.39, 0.29) is 24.6 Å². The number of carbonyl (C=O) groups is 1. The molecule has 5 rings (SSSR count). The normalized spacial score (nSPS) is 15.7. The van der Waals surface area contributed by atoms with Gasteiger partial charge in [-0.25, -0.2) is 13.8 Å². The van der Waals surface area contributed by atoms with Gasteiger partial charge < -0.3 is 9.84 Å². The lowest BCUT2D eigenvalue weighted by Crippen LogP contribution is -2.33. The van der Waals surface area contributed by atoms with E-state index in [1.807, 2.05) is 38.2 Å². The molecule has 1 aliphatic rings. The summed E-state index contributed by atoms with van der Waals surface area (Å²) in [6.45, 7) is 3.81. The van der Waals surface area contributed by atoms with Crippen molar-refractivity contribution in [2.24, 2.45) is 0 Å². The number of nitrogens with one attached hydrogen (secondary N) is 1. The van der Waals surface area contributed by atoms with Gasteiger partial charge in [0, 0.05) is 36.2 Å². The number of hydrogen-bond acceptors (Lipinski definition) is 5. The number of fused-ring (bicyclic) bond motifs is 1. The number of anilines is 1. The van der Waals surface area contributed by atoms with E-state index < -0.39 is 11.8 Å². The molecule has 1 saturated carbocycles. The monoisotopic (exact) mass is 423 g/mol. The predicted octanol–water partition coefficient (Wildman–Crippen LogP) is 4.77. The van der Waals surface area contributed by atoms with Gasteiger partial charge in [0.05, 0.1) is 6.20 Å². The van der Waals surface area contributed by atoms with Crippen molar-refractivity contribution >= 4 is 17.2 Å². The molecule has 1 aromatic carbocycles. The molecule has 31 heavy (non-hydrogen) atoms. The summed E-state index contributed by atoms with van der Waals surface area (Å²) in [5, 5.41) is 6.84. The summed E-state index contributed by atoms with van der Waals surface area (Å²) in [6, 6.07) is 9.15. The largest absolute Gasteiger partial charge is 0.339 e. The van der Waals surface area contributed by atoms with Crippen LogP contribution in [0.25, 0.3) is 17.0 Å². The van der Waals surface area contributed by atoms with Gasteiger partial charge in [0.1, 0.15) is 11.3 Å². The fraction of sp³-hybridized carbons (Fsp3) is 0.273. The molecule has 158 valence electrons. The molecule has 1 N–H and O–H groups in total. The Bertz CT molecular complexity index is 1300. The maximum Gasteiger partial charge on any atom is 0.274 e. The predicted molar refractivity (Wildman–Crippen MR) is 109 cm³/mol. The smallest absolute Gasteiger partial charge is 0.274 e. The zero-order chi connectivity index (χ0) is 21.8. The van der Waals surface area contributed by atoms with Crippen molar-refractivity contribution in [3.8, 4) is 11.4 Å². The first-order chi connectivity index (χ1) is 14.8. The van der Waals surface area contributed by atoms with Crippen LogP contribution in [0.3, 0.4) is 0 Å². The lowest BCUT2D eigenvalue weighted by molar-refractivity contribution is -0.0925. The van der Waals surface area contributed by atoms with Gasteiger partial charge >= 0.3 is 0 Å². The first kappa shape index (κ1) is 19.3. The third kappa shape index (κ3) is 3.56. The van der Waals surface area contributed by atoms with Gasteiger partial charge in [-0.15, -0.1) is 0 Å². The third-order valence-electron chi connectivity index (χ3n) is 5.51.